The molecule has 0 bridgehead atoms. The van der Waals surface area contributed by atoms with Crippen molar-refractivity contribution in [2.24, 2.45) is 5.92 Å². The number of benzene rings is 2. The number of carbonyl (C=O) groups is 1. The molecule has 3 aromatic rings. The Balaban J connectivity index is 1.45. The number of aromatic amines is 1. The SMILES string of the molecule is O=C(Nc1cccc(-c2cc3ccccc3[nH]2)c1)[C@H]1CCCN(CCCO)C1. The van der Waals surface area contributed by atoms with Crippen LogP contribution < -0.4 is 5.32 Å². The third kappa shape index (κ3) is 4.26. The first-order valence-corrected chi connectivity index (χ1v) is 10.1. The fourth-order valence-corrected chi connectivity index (χ4v) is 4.00. The number of carbonyl (C=O) groups excluding carboxylic acids is 1. The second kappa shape index (κ2) is 8.59. The average molecular weight is 377 g/mol. The number of H-pyrrole nitrogens is 1. The Bertz CT molecular complexity index is 917. The maximum absolute atomic E-state index is 12.8. The molecule has 0 radical (unpaired) electrons. The van der Waals surface area contributed by atoms with Crippen molar-refractivity contribution in [2.45, 2.75) is 19.3 Å². The Morgan fingerprint density at radius 1 is 1.18 bits per heavy atom. The van der Waals surface area contributed by atoms with E-state index in [-0.39, 0.29) is 18.4 Å². The highest BCUT2D eigenvalue weighted by Crippen LogP contribution is 2.26. The summed E-state index contributed by atoms with van der Waals surface area (Å²) in [6.07, 6.45) is 2.71. The van der Waals surface area contributed by atoms with E-state index in [1.165, 1.54) is 5.39 Å². The number of aliphatic hydroxyl groups excluding tert-OH is 1. The number of fused-ring (bicyclic) bond motifs is 1. The van der Waals surface area contributed by atoms with Gasteiger partial charge >= 0.3 is 0 Å². The molecule has 1 amide bonds. The zero-order chi connectivity index (χ0) is 19.3. The van der Waals surface area contributed by atoms with Gasteiger partial charge in [0.25, 0.3) is 0 Å². The minimum absolute atomic E-state index is 0.00387. The number of piperidine rings is 1. The summed E-state index contributed by atoms with van der Waals surface area (Å²) in [4.78, 5) is 18.5. The lowest BCUT2D eigenvalue weighted by Gasteiger charge is -2.31. The molecule has 1 aromatic heterocycles. The quantitative estimate of drug-likeness (QED) is 0.611. The summed E-state index contributed by atoms with van der Waals surface area (Å²) in [5, 5.41) is 13.3. The smallest absolute Gasteiger partial charge is 0.228 e. The van der Waals surface area contributed by atoms with Gasteiger partial charge in [0.2, 0.25) is 5.91 Å². The van der Waals surface area contributed by atoms with Crippen LogP contribution in [0.1, 0.15) is 19.3 Å². The van der Waals surface area contributed by atoms with Gasteiger partial charge < -0.3 is 20.3 Å². The lowest BCUT2D eigenvalue weighted by Crippen LogP contribution is -2.41. The molecule has 5 nitrogen and oxygen atoms in total. The highest BCUT2D eigenvalue weighted by Gasteiger charge is 2.25. The van der Waals surface area contributed by atoms with Gasteiger partial charge in [0.05, 0.1) is 5.92 Å². The molecule has 28 heavy (non-hydrogen) atoms. The van der Waals surface area contributed by atoms with Gasteiger partial charge in [-0.1, -0.05) is 30.3 Å². The van der Waals surface area contributed by atoms with Crippen molar-refractivity contribution in [3.8, 4) is 11.3 Å². The van der Waals surface area contributed by atoms with Gasteiger partial charge in [0.1, 0.15) is 0 Å². The molecular formula is C23H27N3O2. The lowest BCUT2D eigenvalue weighted by atomic mass is 9.97. The van der Waals surface area contributed by atoms with Crippen LogP contribution >= 0.6 is 0 Å². The van der Waals surface area contributed by atoms with Crippen molar-refractivity contribution in [1.82, 2.24) is 9.88 Å². The zero-order valence-electron chi connectivity index (χ0n) is 16.0. The van der Waals surface area contributed by atoms with Gasteiger partial charge in [-0.3, -0.25) is 4.79 Å². The zero-order valence-corrected chi connectivity index (χ0v) is 16.0. The Labute approximate surface area is 165 Å². The Hall–Kier alpha value is -2.63. The maximum atomic E-state index is 12.8. The standard InChI is InChI=1S/C23H27N3O2/c27-13-5-12-26-11-4-8-19(16-26)23(28)24-20-9-3-7-17(14-20)22-15-18-6-1-2-10-21(18)25-22/h1-3,6-7,9-10,14-15,19,25,27H,4-5,8,11-13,16H2,(H,24,28)/t19-/m0/s1. The van der Waals surface area contributed by atoms with E-state index in [2.05, 4.69) is 39.5 Å². The fourth-order valence-electron chi connectivity index (χ4n) is 4.00. The molecule has 146 valence electrons. The third-order valence-corrected chi connectivity index (χ3v) is 5.48. The van der Waals surface area contributed by atoms with E-state index in [9.17, 15) is 4.79 Å². The van der Waals surface area contributed by atoms with Crippen molar-refractivity contribution in [1.29, 1.82) is 0 Å². The second-order valence-corrected chi connectivity index (χ2v) is 7.56. The van der Waals surface area contributed by atoms with Gasteiger partial charge in [-0.25, -0.2) is 0 Å². The van der Waals surface area contributed by atoms with Gasteiger partial charge in [0.15, 0.2) is 0 Å². The van der Waals surface area contributed by atoms with Gasteiger partial charge in [-0.05, 0) is 50.1 Å². The van der Waals surface area contributed by atoms with Crippen LogP contribution in [-0.2, 0) is 4.79 Å². The molecule has 3 N–H and O–H groups in total. The molecule has 4 rings (SSSR count). The molecule has 1 fully saturated rings. The molecule has 0 unspecified atom stereocenters. The van der Waals surface area contributed by atoms with E-state index in [0.717, 1.165) is 61.4 Å². The molecule has 1 aliphatic heterocycles. The van der Waals surface area contributed by atoms with Crippen molar-refractivity contribution in [3.63, 3.8) is 0 Å². The van der Waals surface area contributed by atoms with E-state index in [4.69, 9.17) is 5.11 Å². The lowest BCUT2D eigenvalue weighted by molar-refractivity contribution is -0.121. The third-order valence-electron chi connectivity index (χ3n) is 5.48. The number of nitrogens with one attached hydrogen (secondary N) is 2. The first-order valence-electron chi connectivity index (χ1n) is 10.1. The summed E-state index contributed by atoms with van der Waals surface area (Å²) in [6.45, 7) is 2.84. The summed E-state index contributed by atoms with van der Waals surface area (Å²) >= 11 is 0. The number of hydrogen-bond donors (Lipinski definition) is 3. The van der Waals surface area contributed by atoms with Crippen molar-refractivity contribution in [3.05, 3.63) is 54.6 Å². The van der Waals surface area contributed by atoms with E-state index >= 15 is 0 Å². The number of para-hydroxylation sites is 1. The number of rotatable bonds is 6. The Morgan fingerprint density at radius 3 is 2.93 bits per heavy atom. The van der Waals surface area contributed by atoms with Crippen LogP contribution in [0.25, 0.3) is 22.2 Å². The number of aliphatic hydroxyl groups is 1. The van der Waals surface area contributed by atoms with Crippen LogP contribution in [0.5, 0.6) is 0 Å². The minimum Gasteiger partial charge on any atom is -0.396 e. The van der Waals surface area contributed by atoms with Crippen LogP contribution in [0.2, 0.25) is 0 Å². The Morgan fingerprint density at radius 2 is 2.07 bits per heavy atom. The van der Waals surface area contributed by atoms with Crippen LogP contribution in [0.4, 0.5) is 5.69 Å². The molecule has 1 saturated heterocycles. The summed E-state index contributed by atoms with van der Waals surface area (Å²) in [5.74, 6) is 0.0895. The summed E-state index contributed by atoms with van der Waals surface area (Å²) in [5.41, 5.74) is 4.04. The monoisotopic (exact) mass is 377 g/mol. The van der Waals surface area contributed by atoms with Crippen LogP contribution in [0, 0.1) is 5.92 Å². The number of amides is 1. The predicted octanol–water partition coefficient (Wildman–Crippen LogP) is 3.87. The molecule has 5 heteroatoms. The van der Waals surface area contributed by atoms with Gasteiger partial charge in [-0.2, -0.15) is 0 Å². The van der Waals surface area contributed by atoms with Crippen LogP contribution in [0.15, 0.2) is 54.6 Å². The van der Waals surface area contributed by atoms with E-state index in [1.807, 2.05) is 30.3 Å². The summed E-state index contributed by atoms with van der Waals surface area (Å²) < 4.78 is 0. The normalized spacial score (nSPS) is 17.7. The molecule has 1 aliphatic rings. The minimum atomic E-state index is 0.00387. The molecule has 2 aromatic carbocycles. The van der Waals surface area contributed by atoms with Crippen molar-refractivity contribution >= 4 is 22.5 Å². The van der Waals surface area contributed by atoms with Gasteiger partial charge in [-0.15, -0.1) is 0 Å². The number of hydrogen-bond acceptors (Lipinski definition) is 3. The number of nitrogens with zero attached hydrogens (tertiary/aromatic N) is 1. The maximum Gasteiger partial charge on any atom is 0.228 e. The molecular weight excluding hydrogens is 350 g/mol. The largest absolute Gasteiger partial charge is 0.396 e. The van der Waals surface area contributed by atoms with E-state index in [0.29, 0.717) is 0 Å². The number of aromatic nitrogens is 1. The van der Waals surface area contributed by atoms with E-state index in [1.54, 1.807) is 0 Å². The molecule has 0 spiro atoms. The van der Waals surface area contributed by atoms with Gasteiger partial charge in [0, 0.05) is 47.5 Å². The second-order valence-electron chi connectivity index (χ2n) is 7.56. The molecule has 0 aliphatic carbocycles. The average Bonchev–Trinajstić information content (AvgIpc) is 3.17. The first-order chi connectivity index (χ1) is 13.7. The Kier molecular flexibility index (Phi) is 5.74. The predicted molar refractivity (Wildman–Crippen MR) is 113 cm³/mol. The number of likely N-dealkylation sites (tertiary alicyclic amines) is 1. The van der Waals surface area contributed by atoms with E-state index < -0.39 is 0 Å². The fraction of sp³-hybridized carbons (Fsp3) is 0.348. The van der Waals surface area contributed by atoms with Crippen LogP contribution in [-0.4, -0.2) is 47.1 Å². The molecule has 1 atom stereocenters. The summed E-state index contributed by atoms with van der Waals surface area (Å²) in [7, 11) is 0. The van der Waals surface area contributed by atoms with Crippen molar-refractivity contribution < 1.29 is 9.90 Å². The first kappa shape index (κ1) is 18.7. The highest BCUT2D eigenvalue weighted by molar-refractivity contribution is 5.94. The molecule has 2 heterocycles. The molecule has 0 saturated carbocycles. The topological polar surface area (TPSA) is 68.4 Å². The highest BCUT2D eigenvalue weighted by atomic mass is 16.3. The van der Waals surface area contributed by atoms with Crippen molar-refractivity contribution in [2.75, 3.05) is 31.6 Å². The number of anilines is 1. The van der Waals surface area contributed by atoms with Crippen LogP contribution in [0.3, 0.4) is 0 Å². The summed E-state index contributed by atoms with van der Waals surface area (Å²) in [6, 6.07) is 18.3.